The van der Waals surface area contributed by atoms with E-state index in [1.807, 2.05) is 24.3 Å². The molecule has 2 amide bonds. The number of carboxylic acids is 1. The number of alkyl carbamates (subject to hydrolysis) is 1. The first-order chi connectivity index (χ1) is 17.0. The fourth-order valence-corrected chi connectivity index (χ4v) is 6.10. The standard InChI is InChI=1S/C28H32N2O5/c31-26(30-15-7-14-25(30)27(32)33)16-18-8-1-6-13-24(18)29-28(34)35-17-23-21-11-4-2-9-19(21)20-10-3-5-12-22(20)23/h2-5,9-12,18,23-25H,1,6-8,13-17H2,(H,29,34)(H,32,33)/t18-,24-,25?/m0/s1. The molecule has 2 fully saturated rings. The van der Waals surface area contributed by atoms with Crippen LogP contribution in [-0.2, 0) is 14.3 Å². The van der Waals surface area contributed by atoms with Gasteiger partial charge in [-0.2, -0.15) is 0 Å². The fraction of sp³-hybridized carbons (Fsp3) is 0.464. The minimum atomic E-state index is -0.937. The lowest BCUT2D eigenvalue weighted by Gasteiger charge is -2.33. The molecular formula is C28H32N2O5. The van der Waals surface area contributed by atoms with Crippen LogP contribution in [0.3, 0.4) is 0 Å². The molecule has 2 aromatic rings. The van der Waals surface area contributed by atoms with Crippen molar-refractivity contribution in [1.82, 2.24) is 10.2 Å². The van der Waals surface area contributed by atoms with Gasteiger partial charge in [0.1, 0.15) is 12.6 Å². The summed E-state index contributed by atoms with van der Waals surface area (Å²) in [6, 6.07) is 15.6. The van der Waals surface area contributed by atoms with Crippen LogP contribution in [0.25, 0.3) is 11.1 Å². The SMILES string of the molecule is O=C(N[C@H]1CCCC[C@H]1CC(=O)N1CCCC1C(=O)O)OCC1c2ccccc2-c2ccccc21. The average molecular weight is 477 g/mol. The molecule has 0 aromatic heterocycles. The minimum absolute atomic E-state index is 0.000000687. The van der Waals surface area contributed by atoms with Gasteiger partial charge in [0.05, 0.1) is 0 Å². The number of nitrogens with zero attached hydrogens (tertiary/aromatic N) is 1. The molecule has 1 saturated carbocycles. The van der Waals surface area contributed by atoms with Gasteiger partial charge in [-0.05, 0) is 53.9 Å². The number of aliphatic carboxylic acids is 1. The molecule has 2 aliphatic carbocycles. The molecule has 1 unspecified atom stereocenters. The molecule has 5 rings (SSSR count). The summed E-state index contributed by atoms with van der Waals surface area (Å²) in [7, 11) is 0. The van der Waals surface area contributed by atoms with Crippen molar-refractivity contribution in [1.29, 1.82) is 0 Å². The summed E-state index contributed by atoms with van der Waals surface area (Å²) in [6.45, 7) is 0.747. The van der Waals surface area contributed by atoms with E-state index in [4.69, 9.17) is 4.74 Å². The molecule has 7 nitrogen and oxygen atoms in total. The summed E-state index contributed by atoms with van der Waals surface area (Å²) in [5.74, 6) is -1.07. The third-order valence-corrected chi connectivity index (χ3v) is 7.85. The predicted molar refractivity (Wildman–Crippen MR) is 131 cm³/mol. The van der Waals surface area contributed by atoms with Crippen molar-refractivity contribution in [2.75, 3.05) is 13.2 Å². The number of hydrogen-bond acceptors (Lipinski definition) is 4. The summed E-state index contributed by atoms with van der Waals surface area (Å²) in [4.78, 5) is 38.7. The number of nitrogens with one attached hydrogen (secondary N) is 1. The molecule has 0 radical (unpaired) electrons. The van der Waals surface area contributed by atoms with Gasteiger partial charge >= 0.3 is 12.1 Å². The van der Waals surface area contributed by atoms with Gasteiger partial charge in [0.25, 0.3) is 0 Å². The molecule has 0 bridgehead atoms. The van der Waals surface area contributed by atoms with Crippen LogP contribution in [0.15, 0.2) is 48.5 Å². The van der Waals surface area contributed by atoms with Gasteiger partial charge in [0.15, 0.2) is 0 Å². The molecule has 1 heterocycles. The van der Waals surface area contributed by atoms with Gasteiger partial charge in [0, 0.05) is 24.9 Å². The summed E-state index contributed by atoms with van der Waals surface area (Å²) < 4.78 is 5.72. The smallest absolute Gasteiger partial charge is 0.407 e. The first kappa shape index (κ1) is 23.4. The van der Waals surface area contributed by atoms with Crippen molar-refractivity contribution >= 4 is 18.0 Å². The van der Waals surface area contributed by atoms with E-state index in [0.29, 0.717) is 13.0 Å². The molecule has 0 spiro atoms. The Morgan fingerprint density at radius 3 is 2.26 bits per heavy atom. The lowest BCUT2D eigenvalue weighted by atomic mass is 9.82. The molecule has 1 aliphatic heterocycles. The Labute approximate surface area is 205 Å². The number of hydrogen-bond donors (Lipinski definition) is 2. The van der Waals surface area contributed by atoms with Crippen molar-refractivity contribution in [2.45, 2.75) is 62.9 Å². The molecular weight excluding hydrogens is 444 g/mol. The van der Waals surface area contributed by atoms with Gasteiger partial charge in [-0.3, -0.25) is 4.79 Å². The van der Waals surface area contributed by atoms with E-state index in [0.717, 1.165) is 32.1 Å². The number of likely N-dealkylation sites (tertiary alicyclic amines) is 1. The van der Waals surface area contributed by atoms with E-state index < -0.39 is 18.1 Å². The number of carbonyl (C=O) groups is 3. The van der Waals surface area contributed by atoms with Crippen LogP contribution in [0.5, 0.6) is 0 Å². The lowest BCUT2D eigenvalue weighted by molar-refractivity contribution is -0.148. The third-order valence-electron chi connectivity index (χ3n) is 7.85. The quantitative estimate of drug-likeness (QED) is 0.638. The highest BCUT2D eigenvalue weighted by molar-refractivity contribution is 5.84. The van der Waals surface area contributed by atoms with Crippen LogP contribution in [0.2, 0.25) is 0 Å². The van der Waals surface area contributed by atoms with Crippen molar-refractivity contribution in [3.05, 3.63) is 59.7 Å². The van der Waals surface area contributed by atoms with Crippen LogP contribution in [0, 0.1) is 5.92 Å². The molecule has 184 valence electrons. The number of amides is 2. The summed E-state index contributed by atoms with van der Waals surface area (Å²) >= 11 is 0. The number of carboxylic acid groups (broad SMARTS) is 1. The first-order valence-electron chi connectivity index (χ1n) is 12.7. The molecule has 7 heteroatoms. The summed E-state index contributed by atoms with van der Waals surface area (Å²) in [5, 5.41) is 12.4. The monoisotopic (exact) mass is 476 g/mol. The topological polar surface area (TPSA) is 95.9 Å². The van der Waals surface area contributed by atoms with Crippen LogP contribution >= 0.6 is 0 Å². The Morgan fingerprint density at radius 2 is 1.57 bits per heavy atom. The highest BCUT2D eigenvalue weighted by Crippen LogP contribution is 2.44. The molecule has 3 atom stereocenters. The number of ether oxygens (including phenoxy) is 1. The maximum absolute atomic E-state index is 12.9. The maximum Gasteiger partial charge on any atom is 0.407 e. The second-order valence-electron chi connectivity index (χ2n) is 9.91. The van der Waals surface area contributed by atoms with Gasteiger partial charge < -0.3 is 20.1 Å². The Bertz CT molecular complexity index is 1070. The maximum atomic E-state index is 12.9. The van der Waals surface area contributed by atoms with E-state index in [9.17, 15) is 19.5 Å². The van der Waals surface area contributed by atoms with Crippen LogP contribution < -0.4 is 5.32 Å². The molecule has 35 heavy (non-hydrogen) atoms. The molecule has 3 aliphatic rings. The van der Waals surface area contributed by atoms with Gasteiger partial charge in [-0.25, -0.2) is 9.59 Å². The summed E-state index contributed by atoms with van der Waals surface area (Å²) in [5.41, 5.74) is 4.71. The van der Waals surface area contributed by atoms with Crippen LogP contribution in [0.1, 0.15) is 62.0 Å². The zero-order chi connectivity index (χ0) is 24.4. The predicted octanol–water partition coefficient (Wildman–Crippen LogP) is 4.55. The normalized spacial score (nSPS) is 23.4. The zero-order valence-electron chi connectivity index (χ0n) is 19.8. The third kappa shape index (κ3) is 4.77. The summed E-state index contributed by atoms with van der Waals surface area (Å²) in [6.07, 6.45) is 4.65. The fourth-order valence-electron chi connectivity index (χ4n) is 6.10. The highest BCUT2D eigenvalue weighted by Gasteiger charge is 2.37. The molecule has 1 saturated heterocycles. The van der Waals surface area contributed by atoms with E-state index >= 15 is 0 Å². The first-order valence-corrected chi connectivity index (χ1v) is 12.7. The number of fused-ring (bicyclic) bond motifs is 3. The second kappa shape index (κ2) is 10.1. The lowest BCUT2D eigenvalue weighted by Crippen LogP contribution is -2.46. The second-order valence-corrected chi connectivity index (χ2v) is 9.91. The van der Waals surface area contributed by atoms with Crippen LogP contribution in [0.4, 0.5) is 4.79 Å². The Hall–Kier alpha value is -3.35. The van der Waals surface area contributed by atoms with Gasteiger partial charge in [0.2, 0.25) is 5.91 Å². The van der Waals surface area contributed by atoms with Gasteiger partial charge in [-0.1, -0.05) is 61.4 Å². The molecule has 2 aromatic carbocycles. The van der Waals surface area contributed by atoms with Crippen molar-refractivity contribution in [2.24, 2.45) is 5.92 Å². The van der Waals surface area contributed by atoms with Crippen LogP contribution in [-0.4, -0.2) is 53.2 Å². The number of benzene rings is 2. The largest absolute Gasteiger partial charge is 0.480 e. The Morgan fingerprint density at radius 1 is 0.914 bits per heavy atom. The van der Waals surface area contributed by atoms with Gasteiger partial charge in [-0.15, -0.1) is 0 Å². The van der Waals surface area contributed by atoms with E-state index in [2.05, 4.69) is 29.6 Å². The number of carbonyl (C=O) groups excluding carboxylic acids is 2. The Balaban J connectivity index is 1.20. The van der Waals surface area contributed by atoms with Crippen molar-refractivity contribution < 1.29 is 24.2 Å². The molecule has 2 N–H and O–H groups in total. The Kier molecular flexibility index (Phi) is 6.75. The van der Waals surface area contributed by atoms with E-state index in [-0.39, 0.29) is 36.8 Å². The van der Waals surface area contributed by atoms with E-state index in [1.54, 1.807) is 0 Å². The highest BCUT2D eigenvalue weighted by atomic mass is 16.5. The van der Waals surface area contributed by atoms with E-state index in [1.165, 1.54) is 27.2 Å². The number of rotatable bonds is 6. The minimum Gasteiger partial charge on any atom is -0.480 e. The average Bonchev–Trinajstić information content (AvgIpc) is 3.48. The van der Waals surface area contributed by atoms with Crippen molar-refractivity contribution in [3.63, 3.8) is 0 Å². The zero-order valence-corrected chi connectivity index (χ0v) is 19.8. The van der Waals surface area contributed by atoms with Crippen molar-refractivity contribution in [3.8, 4) is 11.1 Å².